The van der Waals surface area contributed by atoms with E-state index in [1.54, 1.807) is 11.8 Å². The van der Waals surface area contributed by atoms with E-state index < -0.39 is 11.0 Å². The average Bonchev–Trinajstić information content (AvgIpc) is 3.73. The number of Topliss-reactive ketones (excluding diaryl/α,β-unsaturated/α-hetero) is 1. The topological polar surface area (TPSA) is 139 Å². The number of pyridine rings is 1. The molecule has 0 bridgehead atoms. The number of aryl methyl sites for hydroxylation is 1. The number of anilines is 2. The number of carbonyl (C=O) groups is 2. The van der Waals surface area contributed by atoms with Crippen molar-refractivity contribution >= 4 is 67.7 Å². The van der Waals surface area contributed by atoms with Crippen molar-refractivity contribution in [2.75, 3.05) is 17.2 Å². The number of amides is 2. The van der Waals surface area contributed by atoms with Gasteiger partial charge in [0.05, 0.1) is 34.1 Å². The fourth-order valence-corrected chi connectivity index (χ4v) is 6.62. The third kappa shape index (κ3) is 8.31. The van der Waals surface area contributed by atoms with E-state index in [9.17, 15) is 19.7 Å². The molecule has 6 rings (SSSR count). The lowest BCUT2D eigenvalue weighted by atomic mass is 10.1. The van der Waals surface area contributed by atoms with Gasteiger partial charge in [-0.2, -0.15) is 4.57 Å². The molecule has 0 atom stereocenters. The van der Waals surface area contributed by atoms with Gasteiger partial charge in [0, 0.05) is 30.0 Å². The van der Waals surface area contributed by atoms with Gasteiger partial charge < -0.3 is 15.4 Å². The van der Waals surface area contributed by atoms with Crippen LogP contribution in [0.2, 0.25) is 0 Å². The lowest BCUT2D eigenvalue weighted by Gasteiger charge is -2.08. The number of hydrogen-bond donors (Lipinski definition) is 3. The fourth-order valence-electron chi connectivity index (χ4n) is 5.04. The normalized spacial score (nSPS) is 12.8. The molecule has 0 fully saturated rings. The first-order chi connectivity index (χ1) is 22.9. The molecular formula is C34H31N6O5S2+. The molecule has 13 heteroatoms. The predicted molar refractivity (Wildman–Crippen MR) is 183 cm³/mol. The van der Waals surface area contributed by atoms with Gasteiger partial charge in [0.2, 0.25) is 5.52 Å². The van der Waals surface area contributed by atoms with Crippen molar-refractivity contribution in [2.45, 2.75) is 37.2 Å². The van der Waals surface area contributed by atoms with Gasteiger partial charge in [-0.1, -0.05) is 48.2 Å². The number of nitro groups is 1. The Kier molecular flexibility index (Phi) is 10.0. The number of ketones is 1. The van der Waals surface area contributed by atoms with Gasteiger partial charge in [0.25, 0.3) is 0 Å². The summed E-state index contributed by atoms with van der Waals surface area (Å²) >= 11 is 2.51. The quantitative estimate of drug-likeness (QED) is 0.0521. The lowest BCUT2D eigenvalue weighted by molar-refractivity contribution is -0.670. The van der Waals surface area contributed by atoms with Crippen molar-refractivity contribution in [1.29, 1.82) is 0 Å². The van der Waals surface area contributed by atoms with Crippen LogP contribution in [-0.2, 0) is 17.9 Å². The minimum atomic E-state index is -0.559. The Labute approximate surface area is 278 Å². The Bertz CT molecular complexity index is 1930. The first kappa shape index (κ1) is 31.7. The van der Waals surface area contributed by atoms with E-state index in [1.807, 2.05) is 48.5 Å². The zero-order valence-electron chi connectivity index (χ0n) is 25.2. The number of hydrogen-bond acceptors (Lipinski definition) is 9. The van der Waals surface area contributed by atoms with Gasteiger partial charge in [0.15, 0.2) is 17.9 Å². The number of fused-ring (bicyclic) bond motifs is 2. The molecule has 0 saturated carbocycles. The van der Waals surface area contributed by atoms with Crippen molar-refractivity contribution in [1.82, 2.24) is 10.3 Å². The maximum absolute atomic E-state index is 12.7. The van der Waals surface area contributed by atoms with Crippen molar-refractivity contribution in [3.63, 3.8) is 0 Å². The van der Waals surface area contributed by atoms with Crippen molar-refractivity contribution < 1.29 is 23.8 Å². The van der Waals surface area contributed by atoms with Crippen LogP contribution in [0.25, 0.3) is 17.0 Å². The number of para-hydroxylation sites is 2. The molecule has 238 valence electrons. The van der Waals surface area contributed by atoms with Crippen LogP contribution in [0.1, 0.15) is 30.4 Å². The summed E-state index contributed by atoms with van der Waals surface area (Å²) in [4.78, 5) is 40.0. The Hall–Kier alpha value is -5.27. The van der Waals surface area contributed by atoms with Gasteiger partial charge >= 0.3 is 11.0 Å². The summed E-state index contributed by atoms with van der Waals surface area (Å²) in [7, 11) is 0. The van der Waals surface area contributed by atoms with Gasteiger partial charge in [-0.25, -0.2) is 9.78 Å². The van der Waals surface area contributed by atoms with E-state index in [4.69, 9.17) is 4.74 Å². The number of thiazole rings is 1. The summed E-state index contributed by atoms with van der Waals surface area (Å²) in [6, 6.07) is 25.4. The van der Waals surface area contributed by atoms with Gasteiger partial charge in [-0.05, 0) is 65.3 Å². The summed E-state index contributed by atoms with van der Waals surface area (Å²) in [6.07, 6.45) is 6.82. The maximum Gasteiger partial charge on any atom is 0.345 e. The Morgan fingerprint density at radius 2 is 1.83 bits per heavy atom. The Morgan fingerprint density at radius 1 is 1.02 bits per heavy atom. The molecule has 1 aliphatic heterocycles. The Morgan fingerprint density at radius 3 is 2.64 bits per heavy atom. The number of ether oxygens (including phenoxy) is 1. The third-order valence-corrected chi connectivity index (χ3v) is 9.26. The van der Waals surface area contributed by atoms with Crippen molar-refractivity contribution in [3.05, 3.63) is 118 Å². The average molecular weight is 668 g/mol. The van der Waals surface area contributed by atoms with Gasteiger partial charge in [0.1, 0.15) is 17.7 Å². The molecule has 3 heterocycles. The number of thioether (sulfide) groups is 1. The standard InChI is InChI=1S/C34H30N6O5S2/c41-25(6-5-19-45-26-13-11-23(12-14-26)21-35-33(42)38-34-36-22-32(47-34)40(43)44)16-18-39-17-15-24(27-7-1-3-9-29(27)39)20-31-37-28-8-2-4-10-30(28)46-31/h1-4,7-15,17,20,22H,5-6,16,18-19,21H2,(H2,35,36,38,42)/p+1. The summed E-state index contributed by atoms with van der Waals surface area (Å²) in [5.41, 5.74) is 4.19. The van der Waals surface area contributed by atoms with Crippen LogP contribution in [0.3, 0.4) is 0 Å². The molecule has 0 saturated heterocycles. The monoisotopic (exact) mass is 667 g/mol. The number of rotatable bonds is 13. The van der Waals surface area contributed by atoms with E-state index in [0.717, 1.165) is 50.3 Å². The van der Waals surface area contributed by atoms with E-state index in [-0.39, 0.29) is 22.5 Å². The smallest absolute Gasteiger partial charge is 0.345 e. The Balaban J connectivity index is 0.924. The minimum absolute atomic E-state index is 0.147. The zero-order valence-corrected chi connectivity index (χ0v) is 26.8. The van der Waals surface area contributed by atoms with Crippen molar-refractivity contribution in [3.8, 4) is 5.75 Å². The molecule has 0 spiro atoms. The number of nitrogens with zero attached hydrogens (tertiary/aromatic N) is 3. The van der Waals surface area contributed by atoms with E-state index in [0.29, 0.717) is 38.2 Å². The predicted octanol–water partition coefficient (Wildman–Crippen LogP) is 7.15. The van der Waals surface area contributed by atoms with Crippen LogP contribution in [0.5, 0.6) is 5.75 Å². The highest BCUT2D eigenvalue weighted by molar-refractivity contribution is 8.03. The summed E-state index contributed by atoms with van der Waals surface area (Å²) in [5.74, 6) is 0.862. The minimum Gasteiger partial charge on any atom is -0.494 e. The number of benzene rings is 3. The molecule has 3 N–H and O–H groups in total. The highest BCUT2D eigenvalue weighted by Crippen LogP contribution is 2.41. The SMILES string of the molecule is O=C(CCCOc1ccc(CNC(=O)Nc2ncc([N+](=O)[O-])s2)cc1)CC[n+]1ccc(/C=C2/Nc3ccccc3S2)c2ccccc21. The molecule has 3 aromatic carbocycles. The molecule has 0 unspecified atom stereocenters. The van der Waals surface area contributed by atoms with E-state index >= 15 is 0 Å². The lowest BCUT2D eigenvalue weighted by Crippen LogP contribution is -2.35. The highest BCUT2D eigenvalue weighted by atomic mass is 32.2. The second kappa shape index (κ2) is 14.9. The molecule has 0 radical (unpaired) electrons. The van der Waals surface area contributed by atoms with Crippen LogP contribution in [0, 0.1) is 10.1 Å². The van der Waals surface area contributed by atoms with Crippen LogP contribution in [0.4, 0.5) is 20.6 Å². The second-order valence-corrected chi connectivity index (χ2v) is 12.8. The molecule has 2 amide bonds. The number of aromatic nitrogens is 2. The molecule has 1 aliphatic rings. The van der Waals surface area contributed by atoms with Gasteiger partial charge in [-0.15, -0.1) is 0 Å². The van der Waals surface area contributed by atoms with Crippen molar-refractivity contribution in [2.24, 2.45) is 0 Å². The van der Waals surface area contributed by atoms with E-state index in [2.05, 4.69) is 68.1 Å². The van der Waals surface area contributed by atoms with Crippen LogP contribution in [0.15, 0.2) is 101 Å². The van der Waals surface area contributed by atoms with E-state index in [1.165, 1.54) is 4.90 Å². The first-order valence-corrected chi connectivity index (χ1v) is 16.6. The van der Waals surface area contributed by atoms with Crippen LogP contribution in [-0.4, -0.2) is 28.3 Å². The summed E-state index contributed by atoms with van der Waals surface area (Å²) in [5, 5.41) is 21.6. The number of nitrogens with one attached hydrogen (secondary N) is 3. The van der Waals surface area contributed by atoms with Crippen LogP contribution < -0.4 is 25.3 Å². The number of carbonyl (C=O) groups excluding carboxylic acids is 2. The first-order valence-electron chi connectivity index (χ1n) is 15.0. The fraction of sp³-hybridized carbons (Fsp3) is 0.176. The summed E-state index contributed by atoms with van der Waals surface area (Å²) in [6.45, 7) is 1.28. The largest absolute Gasteiger partial charge is 0.494 e. The number of urea groups is 1. The van der Waals surface area contributed by atoms with Gasteiger partial charge in [-0.3, -0.25) is 20.2 Å². The van der Waals surface area contributed by atoms with Crippen LogP contribution >= 0.6 is 23.1 Å². The molecule has 5 aromatic rings. The maximum atomic E-state index is 12.7. The molecular weight excluding hydrogens is 637 g/mol. The summed E-state index contributed by atoms with van der Waals surface area (Å²) < 4.78 is 7.95. The molecule has 47 heavy (non-hydrogen) atoms. The molecule has 2 aromatic heterocycles. The molecule has 0 aliphatic carbocycles. The zero-order chi connectivity index (χ0) is 32.6. The highest BCUT2D eigenvalue weighted by Gasteiger charge is 2.18. The third-order valence-electron chi connectivity index (χ3n) is 7.38. The second-order valence-electron chi connectivity index (χ2n) is 10.7. The molecule has 11 nitrogen and oxygen atoms in total.